The van der Waals surface area contributed by atoms with Crippen LogP contribution >= 0.6 is 0 Å². The zero-order valence-corrected chi connectivity index (χ0v) is 12.6. The molecule has 108 valence electrons. The molecule has 1 heterocycles. The van der Waals surface area contributed by atoms with Crippen molar-refractivity contribution in [1.82, 2.24) is 15.2 Å². The molecule has 1 aromatic heterocycles. The first kappa shape index (κ1) is 16.1. The lowest BCUT2D eigenvalue weighted by Gasteiger charge is -2.16. The molecular formula is C16H29N3. The molecule has 0 bridgehead atoms. The predicted octanol–water partition coefficient (Wildman–Crippen LogP) is 2.73. The number of likely N-dealkylation sites (N-methyl/N-ethyl adjacent to an activating group) is 1. The van der Waals surface area contributed by atoms with Gasteiger partial charge in [0.25, 0.3) is 0 Å². The number of rotatable bonds is 11. The van der Waals surface area contributed by atoms with E-state index in [9.17, 15) is 0 Å². The van der Waals surface area contributed by atoms with Gasteiger partial charge in [-0.1, -0.05) is 32.3 Å². The maximum Gasteiger partial charge on any atom is 0.0416 e. The molecule has 0 aliphatic rings. The lowest BCUT2D eigenvalue weighted by molar-refractivity contribution is 0.334. The third-order valence-corrected chi connectivity index (χ3v) is 3.35. The lowest BCUT2D eigenvalue weighted by Crippen LogP contribution is -2.31. The van der Waals surface area contributed by atoms with E-state index in [0.717, 1.165) is 32.6 Å². The van der Waals surface area contributed by atoms with Gasteiger partial charge in [0, 0.05) is 37.9 Å². The molecule has 1 rings (SSSR count). The van der Waals surface area contributed by atoms with E-state index in [1.54, 1.807) is 0 Å². The van der Waals surface area contributed by atoms with Crippen LogP contribution in [0.3, 0.4) is 0 Å². The smallest absolute Gasteiger partial charge is 0.0416 e. The van der Waals surface area contributed by atoms with Crippen molar-refractivity contribution in [3.63, 3.8) is 0 Å². The van der Waals surface area contributed by atoms with Crippen LogP contribution in [0, 0.1) is 0 Å². The Morgan fingerprint density at radius 1 is 1.11 bits per heavy atom. The van der Waals surface area contributed by atoms with Crippen LogP contribution < -0.4 is 5.32 Å². The van der Waals surface area contributed by atoms with E-state index in [4.69, 9.17) is 0 Å². The molecule has 3 nitrogen and oxygen atoms in total. The molecule has 0 aliphatic heterocycles. The monoisotopic (exact) mass is 263 g/mol. The van der Waals surface area contributed by atoms with Gasteiger partial charge >= 0.3 is 0 Å². The molecule has 0 fully saturated rings. The molecule has 1 aromatic rings. The fraction of sp³-hybridized carbons (Fsp3) is 0.688. The summed E-state index contributed by atoms with van der Waals surface area (Å²) < 4.78 is 0. The third kappa shape index (κ3) is 8.73. The maximum absolute atomic E-state index is 4.35. The number of pyridine rings is 1. The van der Waals surface area contributed by atoms with Gasteiger partial charge in [-0.25, -0.2) is 0 Å². The van der Waals surface area contributed by atoms with E-state index < -0.39 is 0 Å². The molecule has 1 N–H and O–H groups in total. The fourth-order valence-corrected chi connectivity index (χ4v) is 2.03. The van der Waals surface area contributed by atoms with Gasteiger partial charge in [-0.2, -0.15) is 0 Å². The molecule has 0 aromatic carbocycles. The second-order valence-electron chi connectivity index (χ2n) is 5.19. The quantitative estimate of drug-likeness (QED) is 0.622. The van der Waals surface area contributed by atoms with Crippen LogP contribution in [0.4, 0.5) is 0 Å². The summed E-state index contributed by atoms with van der Waals surface area (Å²) in [6, 6.07) is 6.12. The molecule has 0 radical (unpaired) electrons. The number of aromatic nitrogens is 1. The molecule has 19 heavy (non-hydrogen) atoms. The summed E-state index contributed by atoms with van der Waals surface area (Å²) in [5, 5.41) is 3.52. The third-order valence-electron chi connectivity index (χ3n) is 3.35. The van der Waals surface area contributed by atoms with Crippen molar-refractivity contribution in [2.75, 3.05) is 33.2 Å². The van der Waals surface area contributed by atoms with E-state index >= 15 is 0 Å². The van der Waals surface area contributed by atoms with Crippen molar-refractivity contribution in [1.29, 1.82) is 0 Å². The summed E-state index contributed by atoms with van der Waals surface area (Å²) in [5.74, 6) is 0. The molecular weight excluding hydrogens is 234 g/mol. The fourth-order valence-electron chi connectivity index (χ4n) is 2.03. The highest BCUT2D eigenvalue weighted by atomic mass is 15.1. The van der Waals surface area contributed by atoms with Crippen LogP contribution in [0.2, 0.25) is 0 Å². The molecule has 0 saturated heterocycles. The Morgan fingerprint density at radius 2 is 2.00 bits per heavy atom. The maximum atomic E-state index is 4.35. The number of unbranched alkanes of at least 4 members (excludes halogenated alkanes) is 3. The highest BCUT2D eigenvalue weighted by molar-refractivity contribution is 5.03. The molecule has 0 spiro atoms. The van der Waals surface area contributed by atoms with Gasteiger partial charge in [-0.3, -0.25) is 4.98 Å². The van der Waals surface area contributed by atoms with E-state index in [-0.39, 0.29) is 0 Å². The topological polar surface area (TPSA) is 28.2 Å². The second kappa shape index (κ2) is 10.9. The van der Waals surface area contributed by atoms with Crippen LogP contribution in [0.1, 0.15) is 38.3 Å². The normalized spacial score (nSPS) is 11.1. The summed E-state index contributed by atoms with van der Waals surface area (Å²) in [4.78, 5) is 6.72. The summed E-state index contributed by atoms with van der Waals surface area (Å²) in [6.07, 6.45) is 8.26. The van der Waals surface area contributed by atoms with E-state index in [2.05, 4.69) is 41.3 Å². The molecule has 0 atom stereocenters. The first-order valence-electron chi connectivity index (χ1n) is 7.62. The molecule has 0 saturated carbocycles. The van der Waals surface area contributed by atoms with Gasteiger partial charge in [0.15, 0.2) is 0 Å². The average molecular weight is 263 g/mol. The minimum Gasteiger partial charge on any atom is -0.315 e. The summed E-state index contributed by atoms with van der Waals surface area (Å²) in [7, 11) is 2.18. The molecule has 0 unspecified atom stereocenters. The Morgan fingerprint density at radius 3 is 2.74 bits per heavy atom. The number of hydrogen-bond acceptors (Lipinski definition) is 3. The van der Waals surface area contributed by atoms with Crippen molar-refractivity contribution < 1.29 is 0 Å². The zero-order chi connectivity index (χ0) is 13.8. The highest BCUT2D eigenvalue weighted by Crippen LogP contribution is 1.97. The summed E-state index contributed by atoms with van der Waals surface area (Å²) in [6.45, 7) is 6.69. The van der Waals surface area contributed by atoms with Crippen LogP contribution in [-0.2, 0) is 6.42 Å². The lowest BCUT2D eigenvalue weighted by atomic mass is 10.2. The highest BCUT2D eigenvalue weighted by Gasteiger charge is 1.99. The second-order valence-corrected chi connectivity index (χ2v) is 5.19. The number of nitrogens with one attached hydrogen (secondary N) is 1. The van der Waals surface area contributed by atoms with E-state index in [0.29, 0.717) is 0 Å². The predicted molar refractivity (Wildman–Crippen MR) is 82.4 cm³/mol. The van der Waals surface area contributed by atoms with Gasteiger partial charge < -0.3 is 10.2 Å². The van der Waals surface area contributed by atoms with Gasteiger partial charge in [-0.05, 0) is 32.1 Å². The van der Waals surface area contributed by atoms with Crippen LogP contribution in [0.25, 0.3) is 0 Å². The Bertz CT molecular complexity index is 300. The Kier molecular flexibility index (Phi) is 9.29. The van der Waals surface area contributed by atoms with Gasteiger partial charge in [0.1, 0.15) is 0 Å². The Hall–Kier alpha value is -0.930. The molecule has 3 heteroatoms. The van der Waals surface area contributed by atoms with Crippen molar-refractivity contribution in [3.05, 3.63) is 30.1 Å². The SMILES string of the molecule is CCCCCCNCCN(C)CCc1ccccn1. The molecule has 0 amide bonds. The summed E-state index contributed by atoms with van der Waals surface area (Å²) >= 11 is 0. The first-order chi connectivity index (χ1) is 9.33. The van der Waals surface area contributed by atoms with Crippen molar-refractivity contribution in [2.24, 2.45) is 0 Å². The van der Waals surface area contributed by atoms with Crippen LogP contribution in [0.5, 0.6) is 0 Å². The minimum atomic E-state index is 1.04. The Balaban J connectivity index is 1.95. The average Bonchev–Trinajstić information content (AvgIpc) is 2.45. The number of nitrogens with zero attached hydrogens (tertiary/aromatic N) is 2. The van der Waals surface area contributed by atoms with Gasteiger partial charge in [-0.15, -0.1) is 0 Å². The van der Waals surface area contributed by atoms with Gasteiger partial charge in [0.05, 0.1) is 0 Å². The van der Waals surface area contributed by atoms with Crippen LogP contribution in [0.15, 0.2) is 24.4 Å². The number of hydrogen-bond donors (Lipinski definition) is 1. The Labute approximate surface area is 118 Å². The van der Waals surface area contributed by atoms with Crippen molar-refractivity contribution in [2.45, 2.75) is 39.0 Å². The van der Waals surface area contributed by atoms with E-state index in [1.165, 1.54) is 31.4 Å². The van der Waals surface area contributed by atoms with Crippen molar-refractivity contribution >= 4 is 0 Å². The summed E-state index contributed by atoms with van der Waals surface area (Å²) in [5.41, 5.74) is 1.18. The first-order valence-corrected chi connectivity index (χ1v) is 7.62. The largest absolute Gasteiger partial charge is 0.315 e. The van der Waals surface area contributed by atoms with Gasteiger partial charge in [0.2, 0.25) is 0 Å². The molecule has 0 aliphatic carbocycles. The minimum absolute atomic E-state index is 1.04. The standard InChI is InChI=1S/C16H29N3/c1-3-4-5-7-11-17-13-15-19(2)14-10-16-9-6-8-12-18-16/h6,8-9,12,17H,3-5,7,10-11,13-15H2,1-2H3. The zero-order valence-electron chi connectivity index (χ0n) is 12.6. The van der Waals surface area contributed by atoms with E-state index in [1.807, 2.05) is 12.3 Å². The van der Waals surface area contributed by atoms with Crippen molar-refractivity contribution in [3.8, 4) is 0 Å². The van der Waals surface area contributed by atoms with Crippen LogP contribution in [-0.4, -0.2) is 43.1 Å².